The minimum atomic E-state index is -0.430. The molecule has 0 atom stereocenters. The molecule has 1 aromatic carbocycles. The largest absolute Gasteiger partial charge is 0.340 e. The Balaban J connectivity index is 2.21. The Kier molecular flexibility index (Phi) is 6.31. The predicted octanol–water partition coefficient (Wildman–Crippen LogP) is 3.65. The van der Waals surface area contributed by atoms with Crippen molar-refractivity contribution in [2.24, 2.45) is 0 Å². The van der Waals surface area contributed by atoms with Crippen molar-refractivity contribution >= 4 is 29.1 Å². The number of hydrogen-bond acceptors (Lipinski definition) is 4. The molecule has 0 saturated heterocycles. The summed E-state index contributed by atoms with van der Waals surface area (Å²) in [5, 5.41) is 12.4. The highest BCUT2D eigenvalue weighted by Crippen LogP contribution is 2.27. The molecule has 1 N–H and O–H groups in total. The molecule has 7 heteroatoms. The summed E-state index contributed by atoms with van der Waals surface area (Å²) in [4.78, 5) is 30.3. The van der Waals surface area contributed by atoms with E-state index < -0.39 is 5.91 Å². The lowest BCUT2D eigenvalue weighted by Crippen LogP contribution is -2.28. The average molecular weight is 371 g/mol. The van der Waals surface area contributed by atoms with Gasteiger partial charge in [0, 0.05) is 24.8 Å². The van der Waals surface area contributed by atoms with Crippen molar-refractivity contribution < 1.29 is 9.59 Å². The third-order valence-electron chi connectivity index (χ3n) is 3.91. The highest BCUT2D eigenvalue weighted by atomic mass is 35.5. The van der Waals surface area contributed by atoms with Crippen molar-refractivity contribution in [3.05, 3.63) is 57.9 Å². The Hall–Kier alpha value is -2.91. The molecule has 0 saturated carbocycles. The maximum absolute atomic E-state index is 12.5. The third kappa shape index (κ3) is 4.19. The lowest BCUT2D eigenvalue weighted by molar-refractivity contribution is 0.0788. The van der Waals surface area contributed by atoms with Gasteiger partial charge in [0.05, 0.1) is 16.8 Å². The molecule has 0 radical (unpaired) electrons. The number of anilines is 1. The average Bonchev–Trinajstić information content (AvgIpc) is 2.65. The predicted molar refractivity (Wildman–Crippen MR) is 100 cm³/mol. The van der Waals surface area contributed by atoms with Gasteiger partial charge in [-0.15, -0.1) is 0 Å². The molecule has 6 nitrogen and oxygen atoms in total. The minimum absolute atomic E-state index is 0.198. The van der Waals surface area contributed by atoms with Crippen molar-refractivity contribution in [2.45, 2.75) is 20.3 Å². The second-order valence-corrected chi connectivity index (χ2v) is 6.23. The van der Waals surface area contributed by atoms with Crippen LogP contribution in [0.2, 0.25) is 5.02 Å². The Labute approximate surface area is 157 Å². The van der Waals surface area contributed by atoms with Crippen molar-refractivity contribution in [3.8, 4) is 6.07 Å². The van der Waals surface area contributed by atoms with Crippen LogP contribution in [0, 0.1) is 18.3 Å². The van der Waals surface area contributed by atoms with Crippen LogP contribution < -0.4 is 5.32 Å². The molecular weight excluding hydrogens is 352 g/mol. The first-order valence-electron chi connectivity index (χ1n) is 8.11. The van der Waals surface area contributed by atoms with Gasteiger partial charge < -0.3 is 10.2 Å². The fourth-order valence-electron chi connectivity index (χ4n) is 2.41. The molecule has 0 spiro atoms. The molecule has 0 aliphatic heterocycles. The highest BCUT2D eigenvalue weighted by molar-refractivity contribution is 6.32. The first-order chi connectivity index (χ1) is 12.4. The Morgan fingerprint density at radius 2 is 2.04 bits per heavy atom. The lowest BCUT2D eigenvalue weighted by Gasteiger charge is -2.15. The summed E-state index contributed by atoms with van der Waals surface area (Å²) in [5.41, 5.74) is 1.85. The van der Waals surface area contributed by atoms with E-state index in [1.807, 2.05) is 13.0 Å². The van der Waals surface area contributed by atoms with Gasteiger partial charge >= 0.3 is 0 Å². The van der Waals surface area contributed by atoms with Gasteiger partial charge in [-0.1, -0.05) is 18.5 Å². The topological polar surface area (TPSA) is 86.1 Å². The minimum Gasteiger partial charge on any atom is -0.340 e. The third-order valence-corrected chi connectivity index (χ3v) is 4.32. The molecule has 2 aromatic rings. The van der Waals surface area contributed by atoms with Crippen LogP contribution >= 0.6 is 11.6 Å². The highest BCUT2D eigenvalue weighted by Gasteiger charge is 2.16. The second-order valence-electron chi connectivity index (χ2n) is 5.82. The molecule has 26 heavy (non-hydrogen) atoms. The molecule has 134 valence electrons. The molecule has 2 amide bonds. The van der Waals surface area contributed by atoms with Crippen LogP contribution in [0.25, 0.3) is 0 Å². The van der Waals surface area contributed by atoms with Crippen molar-refractivity contribution in [2.75, 3.05) is 18.9 Å². The van der Waals surface area contributed by atoms with E-state index in [0.717, 1.165) is 6.42 Å². The zero-order valence-corrected chi connectivity index (χ0v) is 15.6. The number of carbonyl (C=O) groups excluding carboxylic acids is 2. The fraction of sp³-hybridized carbons (Fsp3) is 0.263. The van der Waals surface area contributed by atoms with Gasteiger partial charge in [-0.25, -0.2) is 0 Å². The normalized spacial score (nSPS) is 10.1. The van der Waals surface area contributed by atoms with Gasteiger partial charge in [0.1, 0.15) is 11.8 Å². The lowest BCUT2D eigenvalue weighted by atomic mass is 10.1. The van der Waals surface area contributed by atoms with Gasteiger partial charge in [0.25, 0.3) is 11.8 Å². The molecule has 0 fully saturated rings. The summed E-state index contributed by atoms with van der Waals surface area (Å²) >= 11 is 6.07. The quantitative estimate of drug-likeness (QED) is 0.870. The van der Waals surface area contributed by atoms with Crippen LogP contribution in [-0.4, -0.2) is 35.3 Å². The van der Waals surface area contributed by atoms with E-state index in [1.165, 1.54) is 18.3 Å². The van der Waals surface area contributed by atoms with Crippen molar-refractivity contribution in [1.82, 2.24) is 9.88 Å². The van der Waals surface area contributed by atoms with Crippen LogP contribution in [0.5, 0.6) is 0 Å². The molecule has 0 aliphatic carbocycles. The Morgan fingerprint density at radius 3 is 2.62 bits per heavy atom. The number of benzene rings is 1. The number of nitrogens with zero attached hydrogens (tertiary/aromatic N) is 3. The number of amides is 2. The smallest absolute Gasteiger partial charge is 0.272 e. The fourth-order valence-corrected chi connectivity index (χ4v) is 2.57. The number of hydrogen-bond donors (Lipinski definition) is 1. The zero-order chi connectivity index (χ0) is 19.3. The summed E-state index contributed by atoms with van der Waals surface area (Å²) in [6.07, 6.45) is 2.19. The summed E-state index contributed by atoms with van der Waals surface area (Å²) in [7, 11) is 1.71. The first-order valence-corrected chi connectivity index (χ1v) is 8.48. The Morgan fingerprint density at radius 1 is 1.31 bits per heavy atom. The van der Waals surface area contributed by atoms with Gasteiger partial charge in [-0.2, -0.15) is 5.26 Å². The molecule has 0 aliphatic rings. The summed E-state index contributed by atoms with van der Waals surface area (Å²) < 4.78 is 0. The molecule has 1 aromatic heterocycles. The van der Waals surface area contributed by atoms with Crippen LogP contribution in [-0.2, 0) is 0 Å². The number of halogens is 1. The molecule has 2 rings (SSSR count). The summed E-state index contributed by atoms with van der Waals surface area (Å²) in [6, 6.07) is 8.23. The van der Waals surface area contributed by atoms with Crippen LogP contribution in [0.3, 0.4) is 0 Å². The van der Waals surface area contributed by atoms with E-state index in [4.69, 9.17) is 11.6 Å². The number of rotatable bonds is 5. The molecule has 0 unspecified atom stereocenters. The van der Waals surface area contributed by atoms with Gasteiger partial charge in [0.2, 0.25) is 0 Å². The van der Waals surface area contributed by atoms with E-state index in [0.29, 0.717) is 28.4 Å². The maximum atomic E-state index is 12.5. The number of nitrogens with one attached hydrogen (secondary N) is 1. The standard InChI is InChI=1S/C19H19ClN4O2/c1-4-9-24(3)19(26)16-8-6-14(11-22-16)18(25)23-17-12(2)15(20)7-5-13(17)10-21/h5-8,11H,4,9H2,1-3H3,(H,23,25). The monoisotopic (exact) mass is 370 g/mol. The van der Waals surface area contributed by atoms with Gasteiger partial charge in [-0.05, 0) is 43.2 Å². The molecule has 1 heterocycles. The number of carbonyl (C=O) groups is 2. The van der Waals surface area contributed by atoms with Crippen LogP contribution in [0.1, 0.15) is 45.3 Å². The van der Waals surface area contributed by atoms with E-state index in [-0.39, 0.29) is 17.2 Å². The maximum Gasteiger partial charge on any atom is 0.272 e. The zero-order valence-electron chi connectivity index (χ0n) is 14.8. The van der Waals surface area contributed by atoms with E-state index >= 15 is 0 Å². The van der Waals surface area contributed by atoms with Crippen molar-refractivity contribution in [1.29, 1.82) is 5.26 Å². The van der Waals surface area contributed by atoms with Crippen LogP contribution in [0.4, 0.5) is 5.69 Å². The number of aromatic nitrogens is 1. The molecule has 0 bridgehead atoms. The SMILES string of the molecule is CCCN(C)C(=O)c1ccc(C(=O)Nc2c(C#N)ccc(Cl)c2C)cn1. The molecular formula is C19H19ClN4O2. The van der Waals surface area contributed by atoms with Gasteiger partial charge in [-0.3, -0.25) is 14.6 Å². The van der Waals surface area contributed by atoms with E-state index in [2.05, 4.69) is 10.3 Å². The summed E-state index contributed by atoms with van der Waals surface area (Å²) in [5.74, 6) is -0.628. The summed E-state index contributed by atoms with van der Waals surface area (Å²) in [6.45, 7) is 4.34. The second kappa shape index (κ2) is 8.45. The van der Waals surface area contributed by atoms with Crippen LogP contribution in [0.15, 0.2) is 30.5 Å². The number of pyridine rings is 1. The Bertz CT molecular complexity index is 872. The van der Waals surface area contributed by atoms with E-state index in [1.54, 1.807) is 31.0 Å². The van der Waals surface area contributed by atoms with Crippen molar-refractivity contribution in [3.63, 3.8) is 0 Å². The van der Waals surface area contributed by atoms with E-state index in [9.17, 15) is 14.9 Å². The number of nitriles is 1. The first kappa shape index (κ1) is 19.4. The van der Waals surface area contributed by atoms with Gasteiger partial charge in [0.15, 0.2) is 0 Å².